The third-order valence-electron chi connectivity index (χ3n) is 4.12. The van der Waals surface area contributed by atoms with E-state index in [2.05, 4.69) is 10.0 Å². The van der Waals surface area contributed by atoms with Gasteiger partial charge in [0.25, 0.3) is 5.91 Å². The Morgan fingerprint density at radius 3 is 2.46 bits per heavy atom. The minimum absolute atomic E-state index is 0.100. The zero-order valence-electron chi connectivity index (χ0n) is 14.5. The molecule has 1 aromatic rings. The van der Waals surface area contributed by atoms with Crippen LogP contribution in [0.3, 0.4) is 0 Å². The molecule has 144 valence electrons. The van der Waals surface area contributed by atoms with Crippen LogP contribution in [-0.2, 0) is 24.3 Å². The highest BCUT2D eigenvalue weighted by Gasteiger charge is 2.23. The Kier molecular flexibility index (Phi) is 7.10. The number of amides is 1. The van der Waals surface area contributed by atoms with Gasteiger partial charge in [-0.3, -0.25) is 9.59 Å². The molecule has 0 bridgehead atoms. The maximum absolute atomic E-state index is 12.8. The first-order valence-electron chi connectivity index (χ1n) is 8.53. The van der Waals surface area contributed by atoms with Crippen LogP contribution < -0.4 is 10.0 Å². The quantitative estimate of drug-likeness (QED) is 0.659. The smallest absolute Gasteiger partial charge is 0.307 e. The van der Waals surface area contributed by atoms with Crippen molar-refractivity contribution >= 4 is 21.9 Å². The van der Waals surface area contributed by atoms with E-state index in [0.29, 0.717) is 0 Å². The Balaban J connectivity index is 1.73. The van der Waals surface area contributed by atoms with E-state index in [1.807, 2.05) is 0 Å². The van der Waals surface area contributed by atoms with E-state index < -0.39 is 27.9 Å². The largest absolute Gasteiger partial charge is 0.453 e. The number of hydrogen-bond acceptors (Lipinski definition) is 5. The summed E-state index contributed by atoms with van der Waals surface area (Å²) < 4.78 is 44.1. The van der Waals surface area contributed by atoms with Crippen LogP contribution in [-0.4, -0.2) is 39.0 Å². The lowest BCUT2D eigenvalue weighted by Crippen LogP contribution is -2.41. The van der Waals surface area contributed by atoms with Crippen LogP contribution in [0.25, 0.3) is 0 Å². The second-order valence-corrected chi connectivity index (χ2v) is 7.99. The number of halogens is 1. The van der Waals surface area contributed by atoms with Gasteiger partial charge in [0.2, 0.25) is 10.0 Å². The van der Waals surface area contributed by atoms with Gasteiger partial charge in [0.05, 0.1) is 11.3 Å². The molecule has 1 amide bonds. The molecule has 7 nitrogen and oxygen atoms in total. The highest BCUT2D eigenvalue weighted by molar-refractivity contribution is 7.89. The normalized spacial score (nSPS) is 16.2. The van der Waals surface area contributed by atoms with Crippen molar-refractivity contribution in [1.29, 1.82) is 0 Å². The predicted molar refractivity (Wildman–Crippen MR) is 92.2 cm³/mol. The standard InChI is InChI=1S/C17H23FN2O5S/c1-12(17(22)20-14-4-2-3-5-14)25-16(21)10-11-19-26(23,24)15-8-6-13(18)7-9-15/h6-9,12,14,19H,2-5,10-11H2,1H3,(H,20,22)/t12-/m0/s1. The van der Waals surface area contributed by atoms with Crippen molar-refractivity contribution in [2.75, 3.05) is 6.54 Å². The number of ether oxygens (including phenoxy) is 1. The first kappa shape index (κ1) is 20.3. The number of hydrogen-bond donors (Lipinski definition) is 2. The fraction of sp³-hybridized carbons (Fsp3) is 0.529. The number of carbonyl (C=O) groups excluding carboxylic acids is 2. The number of sulfonamides is 1. The van der Waals surface area contributed by atoms with Crippen LogP contribution in [0.2, 0.25) is 0 Å². The van der Waals surface area contributed by atoms with Crippen LogP contribution in [0.5, 0.6) is 0 Å². The van der Waals surface area contributed by atoms with Gasteiger partial charge in [0, 0.05) is 12.6 Å². The molecule has 2 N–H and O–H groups in total. The van der Waals surface area contributed by atoms with Crippen LogP contribution in [0.15, 0.2) is 29.2 Å². The number of rotatable bonds is 8. The summed E-state index contributed by atoms with van der Waals surface area (Å²) in [5.41, 5.74) is 0. The van der Waals surface area contributed by atoms with Crippen molar-refractivity contribution in [1.82, 2.24) is 10.0 Å². The molecule has 2 rings (SSSR count). The van der Waals surface area contributed by atoms with E-state index in [1.165, 1.54) is 6.92 Å². The lowest BCUT2D eigenvalue weighted by molar-refractivity contribution is -0.154. The first-order valence-corrected chi connectivity index (χ1v) is 10.0. The van der Waals surface area contributed by atoms with E-state index in [-0.39, 0.29) is 29.8 Å². The molecule has 26 heavy (non-hydrogen) atoms. The predicted octanol–water partition coefficient (Wildman–Crippen LogP) is 1.48. The van der Waals surface area contributed by atoms with E-state index >= 15 is 0 Å². The molecule has 0 spiro atoms. The molecule has 1 aromatic carbocycles. The summed E-state index contributed by atoms with van der Waals surface area (Å²) >= 11 is 0. The fourth-order valence-electron chi connectivity index (χ4n) is 2.68. The molecule has 0 heterocycles. The van der Waals surface area contributed by atoms with Gasteiger partial charge >= 0.3 is 5.97 Å². The molecule has 1 saturated carbocycles. The Morgan fingerprint density at radius 1 is 1.23 bits per heavy atom. The topological polar surface area (TPSA) is 102 Å². The van der Waals surface area contributed by atoms with Crippen molar-refractivity contribution in [3.05, 3.63) is 30.1 Å². The number of esters is 1. The summed E-state index contributed by atoms with van der Waals surface area (Å²) in [4.78, 5) is 23.6. The van der Waals surface area contributed by atoms with Gasteiger partial charge < -0.3 is 10.1 Å². The van der Waals surface area contributed by atoms with Crippen molar-refractivity contribution in [3.63, 3.8) is 0 Å². The van der Waals surface area contributed by atoms with E-state index in [4.69, 9.17) is 4.74 Å². The molecule has 1 aliphatic rings. The van der Waals surface area contributed by atoms with Gasteiger partial charge in [-0.05, 0) is 44.0 Å². The van der Waals surface area contributed by atoms with E-state index in [0.717, 1.165) is 49.9 Å². The molecule has 9 heteroatoms. The molecule has 0 unspecified atom stereocenters. The Bertz CT molecular complexity index is 730. The zero-order valence-corrected chi connectivity index (χ0v) is 15.4. The van der Waals surface area contributed by atoms with Crippen LogP contribution in [0.1, 0.15) is 39.0 Å². The third kappa shape index (κ3) is 6.06. The average Bonchev–Trinajstić information content (AvgIpc) is 3.08. The monoisotopic (exact) mass is 386 g/mol. The summed E-state index contributed by atoms with van der Waals surface area (Å²) in [6, 6.07) is 4.46. The molecular weight excluding hydrogens is 363 g/mol. The van der Waals surface area contributed by atoms with Gasteiger partial charge in [-0.1, -0.05) is 12.8 Å². The van der Waals surface area contributed by atoms with Gasteiger partial charge in [-0.15, -0.1) is 0 Å². The number of nitrogens with one attached hydrogen (secondary N) is 2. The van der Waals surface area contributed by atoms with Crippen molar-refractivity contribution < 1.29 is 27.1 Å². The fourth-order valence-corrected chi connectivity index (χ4v) is 3.71. The van der Waals surface area contributed by atoms with Crippen LogP contribution in [0, 0.1) is 5.82 Å². The summed E-state index contributed by atoms with van der Waals surface area (Å²) in [6.07, 6.45) is 2.86. The van der Waals surface area contributed by atoms with E-state index in [9.17, 15) is 22.4 Å². The molecule has 1 fully saturated rings. The lowest BCUT2D eigenvalue weighted by atomic mass is 10.2. The minimum atomic E-state index is -3.84. The molecule has 0 radical (unpaired) electrons. The minimum Gasteiger partial charge on any atom is -0.453 e. The first-order chi connectivity index (χ1) is 12.3. The Morgan fingerprint density at radius 2 is 1.85 bits per heavy atom. The van der Waals surface area contributed by atoms with Crippen molar-refractivity contribution in [2.24, 2.45) is 0 Å². The summed E-state index contributed by atoms with van der Waals surface area (Å²) in [5.74, 6) is -1.57. The van der Waals surface area contributed by atoms with E-state index in [1.54, 1.807) is 0 Å². The molecule has 1 aliphatic carbocycles. The zero-order chi connectivity index (χ0) is 19.2. The molecule has 0 aromatic heterocycles. The third-order valence-corrected chi connectivity index (χ3v) is 5.60. The molecule has 0 saturated heterocycles. The summed E-state index contributed by atoms with van der Waals surface area (Å²) in [7, 11) is -3.84. The number of benzene rings is 1. The lowest BCUT2D eigenvalue weighted by Gasteiger charge is -2.17. The Labute approximate surface area is 152 Å². The van der Waals surface area contributed by atoms with Crippen LogP contribution in [0.4, 0.5) is 4.39 Å². The summed E-state index contributed by atoms with van der Waals surface area (Å²) in [6.45, 7) is 1.29. The highest BCUT2D eigenvalue weighted by Crippen LogP contribution is 2.17. The highest BCUT2D eigenvalue weighted by atomic mass is 32.2. The van der Waals surface area contributed by atoms with Gasteiger partial charge in [0.15, 0.2) is 6.10 Å². The SMILES string of the molecule is C[C@H](OC(=O)CCNS(=O)(=O)c1ccc(F)cc1)C(=O)NC1CCCC1. The maximum atomic E-state index is 12.8. The average molecular weight is 386 g/mol. The van der Waals surface area contributed by atoms with Crippen LogP contribution >= 0.6 is 0 Å². The molecular formula is C17H23FN2O5S. The van der Waals surface area contributed by atoms with Crippen molar-refractivity contribution in [2.45, 2.75) is 56.1 Å². The Hall–Kier alpha value is -2.00. The maximum Gasteiger partial charge on any atom is 0.307 e. The number of carbonyl (C=O) groups is 2. The molecule has 1 atom stereocenters. The summed E-state index contributed by atoms with van der Waals surface area (Å²) in [5, 5.41) is 2.83. The second kappa shape index (κ2) is 9.09. The van der Waals surface area contributed by atoms with Crippen molar-refractivity contribution in [3.8, 4) is 0 Å². The van der Waals surface area contributed by atoms with Gasteiger partial charge in [-0.2, -0.15) is 0 Å². The molecule has 0 aliphatic heterocycles. The van der Waals surface area contributed by atoms with Gasteiger partial charge in [-0.25, -0.2) is 17.5 Å². The van der Waals surface area contributed by atoms with Gasteiger partial charge in [0.1, 0.15) is 5.82 Å². The second-order valence-electron chi connectivity index (χ2n) is 6.22.